The van der Waals surface area contributed by atoms with Crippen LogP contribution in [0.1, 0.15) is 37.7 Å². The molecule has 1 fully saturated rings. The number of aromatic nitrogens is 4. The molecule has 5 N–H and O–H groups in total. The van der Waals surface area contributed by atoms with Crippen molar-refractivity contribution in [1.82, 2.24) is 19.1 Å². The highest BCUT2D eigenvalue weighted by Gasteiger charge is 2.16. The van der Waals surface area contributed by atoms with Gasteiger partial charge in [0, 0.05) is 11.5 Å². The molecule has 3 aromatic rings. The highest BCUT2D eigenvalue weighted by atomic mass is 79.9. The van der Waals surface area contributed by atoms with Crippen molar-refractivity contribution in [3.8, 4) is 0 Å². The minimum Gasteiger partial charge on any atom is -0.369 e. The van der Waals surface area contributed by atoms with Crippen LogP contribution < -0.4 is 22.7 Å². The molecule has 0 saturated heterocycles. The van der Waals surface area contributed by atoms with E-state index in [4.69, 9.17) is 11.5 Å². The molecule has 0 aliphatic heterocycles. The second kappa shape index (κ2) is 9.41. The lowest BCUT2D eigenvalue weighted by molar-refractivity contribution is 0.366. The van der Waals surface area contributed by atoms with E-state index in [1.807, 2.05) is 24.3 Å². The Morgan fingerprint density at radius 1 is 1.21 bits per heavy atom. The molecule has 156 valence electrons. The fraction of sp³-hybridized carbons (Fsp3) is 0.450. The second-order valence-corrected chi connectivity index (χ2v) is 8.23. The number of halogens is 1. The van der Waals surface area contributed by atoms with Gasteiger partial charge in [0.25, 0.3) is 5.56 Å². The first kappa shape index (κ1) is 21.3. The Morgan fingerprint density at radius 3 is 2.52 bits per heavy atom. The number of aromatic amines is 1. The maximum Gasteiger partial charge on any atom is 0.329 e. The maximum atomic E-state index is 12.1. The zero-order valence-corrected chi connectivity index (χ0v) is 18.1. The predicted molar refractivity (Wildman–Crippen MR) is 119 cm³/mol. The van der Waals surface area contributed by atoms with Gasteiger partial charge >= 0.3 is 5.69 Å². The Balaban J connectivity index is 0.000000252. The van der Waals surface area contributed by atoms with Crippen LogP contribution >= 0.6 is 15.9 Å². The molecular weight excluding hydrogens is 436 g/mol. The van der Waals surface area contributed by atoms with Crippen molar-refractivity contribution in [3.05, 3.63) is 55.1 Å². The lowest BCUT2D eigenvalue weighted by atomic mass is 9.90. The van der Waals surface area contributed by atoms with Crippen molar-refractivity contribution in [2.24, 2.45) is 18.7 Å². The molecule has 0 bridgehead atoms. The van der Waals surface area contributed by atoms with Gasteiger partial charge in [-0.25, -0.2) is 4.79 Å². The summed E-state index contributed by atoms with van der Waals surface area (Å²) in [7, 11) is 1.54. The summed E-state index contributed by atoms with van der Waals surface area (Å²) in [5, 5.41) is 0. The summed E-state index contributed by atoms with van der Waals surface area (Å²) in [6, 6.07) is 7.63. The first-order valence-electron chi connectivity index (χ1n) is 9.80. The van der Waals surface area contributed by atoms with Crippen molar-refractivity contribution in [2.45, 2.75) is 38.6 Å². The zero-order valence-electron chi connectivity index (χ0n) is 16.5. The number of imidazole rings is 1. The summed E-state index contributed by atoms with van der Waals surface area (Å²) >= 11 is 3.46. The average molecular weight is 463 g/mol. The van der Waals surface area contributed by atoms with Crippen LogP contribution in [0, 0.1) is 5.92 Å². The molecule has 1 aliphatic carbocycles. The number of nitrogens with one attached hydrogen (secondary N) is 1. The highest BCUT2D eigenvalue weighted by Crippen LogP contribution is 2.22. The summed E-state index contributed by atoms with van der Waals surface area (Å²) in [5.74, 6) is 1.05. The van der Waals surface area contributed by atoms with E-state index >= 15 is 0 Å². The molecule has 1 saturated carbocycles. The molecule has 2 aromatic heterocycles. The number of aryl methyl sites for hydroxylation is 1. The molecule has 1 aromatic carbocycles. The van der Waals surface area contributed by atoms with Gasteiger partial charge < -0.3 is 16.0 Å². The Kier molecular flexibility index (Phi) is 6.92. The fourth-order valence-corrected chi connectivity index (χ4v) is 4.04. The smallest absolute Gasteiger partial charge is 0.329 e. The number of hydrogen-bond donors (Lipinski definition) is 3. The van der Waals surface area contributed by atoms with Crippen molar-refractivity contribution >= 4 is 33.0 Å². The molecular formula is C20H27BrN6O2. The minimum absolute atomic E-state index is 0.187. The van der Waals surface area contributed by atoms with Crippen LogP contribution in [-0.4, -0.2) is 25.6 Å². The molecule has 2 heterocycles. The number of nitrogens with zero attached hydrogens (tertiary/aromatic N) is 3. The number of fused-ring (bicyclic) bond motifs is 1. The fourth-order valence-electron chi connectivity index (χ4n) is 3.63. The van der Waals surface area contributed by atoms with Crippen LogP contribution in [0.3, 0.4) is 0 Å². The number of nitrogens with two attached hydrogens (primary N) is 2. The summed E-state index contributed by atoms with van der Waals surface area (Å²) in [6.45, 7) is 1.30. The summed E-state index contributed by atoms with van der Waals surface area (Å²) < 4.78 is 3.77. The van der Waals surface area contributed by atoms with E-state index < -0.39 is 11.2 Å². The third kappa shape index (κ3) is 4.79. The van der Waals surface area contributed by atoms with E-state index in [0.29, 0.717) is 6.54 Å². The van der Waals surface area contributed by atoms with Gasteiger partial charge in [0.1, 0.15) is 0 Å². The Bertz CT molecular complexity index is 1090. The molecule has 8 nitrogen and oxygen atoms in total. The number of nitrogen functional groups attached to an aromatic ring is 1. The third-order valence-electron chi connectivity index (χ3n) is 5.38. The van der Waals surface area contributed by atoms with E-state index in [0.717, 1.165) is 22.5 Å². The van der Waals surface area contributed by atoms with Crippen LogP contribution in [0.5, 0.6) is 0 Å². The standard InChI is InChI=1S/C13H12BrN5O2.C7H15N/c1-18-10-9(11(20)17-13(18)21)19(12(15)16-10)6-7-4-2-3-5-8(7)14;8-6-7-4-2-1-3-5-7/h2-5H,6H2,1H3,(H2,15,16)(H,17,20,21);7H,1-6,8H2. The Labute approximate surface area is 177 Å². The number of benzene rings is 1. The van der Waals surface area contributed by atoms with Crippen molar-refractivity contribution in [3.63, 3.8) is 0 Å². The van der Waals surface area contributed by atoms with Crippen LogP contribution in [0.15, 0.2) is 38.3 Å². The summed E-state index contributed by atoms with van der Waals surface area (Å²) in [6.07, 6.45) is 7.05. The van der Waals surface area contributed by atoms with Crippen LogP contribution in [-0.2, 0) is 13.6 Å². The molecule has 1 aliphatic rings. The largest absolute Gasteiger partial charge is 0.369 e. The highest BCUT2D eigenvalue weighted by molar-refractivity contribution is 9.10. The predicted octanol–water partition coefficient (Wildman–Crippen LogP) is 2.34. The lowest BCUT2D eigenvalue weighted by Gasteiger charge is -2.18. The normalized spacial score (nSPS) is 14.6. The van der Waals surface area contributed by atoms with Gasteiger partial charge in [-0.1, -0.05) is 53.4 Å². The summed E-state index contributed by atoms with van der Waals surface area (Å²) in [4.78, 5) is 30.0. The van der Waals surface area contributed by atoms with E-state index in [1.54, 1.807) is 4.57 Å². The first-order chi connectivity index (χ1) is 13.9. The molecule has 29 heavy (non-hydrogen) atoms. The monoisotopic (exact) mass is 462 g/mol. The quantitative estimate of drug-likeness (QED) is 0.550. The maximum absolute atomic E-state index is 12.1. The van der Waals surface area contributed by atoms with E-state index in [-0.39, 0.29) is 17.1 Å². The Morgan fingerprint density at radius 2 is 1.90 bits per heavy atom. The molecule has 0 atom stereocenters. The Hall–Kier alpha value is -2.39. The molecule has 0 spiro atoms. The lowest BCUT2D eigenvalue weighted by Crippen LogP contribution is -2.29. The van der Waals surface area contributed by atoms with Gasteiger partial charge in [0.15, 0.2) is 11.2 Å². The molecule has 4 rings (SSSR count). The van der Waals surface area contributed by atoms with Gasteiger partial charge in [0.2, 0.25) is 5.95 Å². The van der Waals surface area contributed by atoms with Crippen molar-refractivity contribution in [2.75, 3.05) is 12.3 Å². The van der Waals surface area contributed by atoms with E-state index in [2.05, 4.69) is 25.9 Å². The number of anilines is 1. The van der Waals surface area contributed by atoms with Gasteiger partial charge in [0.05, 0.1) is 6.54 Å². The van der Waals surface area contributed by atoms with Gasteiger partial charge in [-0.15, -0.1) is 0 Å². The van der Waals surface area contributed by atoms with Crippen LogP contribution in [0.4, 0.5) is 5.95 Å². The average Bonchev–Trinajstić information content (AvgIpc) is 3.06. The van der Waals surface area contributed by atoms with Crippen molar-refractivity contribution < 1.29 is 0 Å². The third-order valence-corrected chi connectivity index (χ3v) is 6.15. The SMILES string of the molecule is Cn1c(=O)[nH]c(=O)c2c1nc(N)n2Cc1ccccc1Br.NCC1CCCCC1. The molecule has 0 amide bonds. The number of hydrogen-bond acceptors (Lipinski definition) is 5. The second-order valence-electron chi connectivity index (χ2n) is 7.38. The molecule has 0 radical (unpaired) electrons. The topological polar surface area (TPSA) is 125 Å². The van der Waals surface area contributed by atoms with Crippen LogP contribution in [0.25, 0.3) is 11.2 Å². The van der Waals surface area contributed by atoms with E-state index in [1.165, 1.54) is 43.7 Å². The number of H-pyrrole nitrogens is 1. The van der Waals surface area contributed by atoms with Crippen LogP contribution in [0.2, 0.25) is 0 Å². The molecule has 0 unspecified atom stereocenters. The zero-order chi connectivity index (χ0) is 21.0. The number of rotatable bonds is 3. The minimum atomic E-state index is -0.516. The first-order valence-corrected chi connectivity index (χ1v) is 10.6. The van der Waals surface area contributed by atoms with Gasteiger partial charge in [-0.05, 0) is 36.9 Å². The summed E-state index contributed by atoms with van der Waals surface area (Å²) in [5.41, 5.74) is 11.9. The van der Waals surface area contributed by atoms with Crippen molar-refractivity contribution in [1.29, 1.82) is 0 Å². The molecule has 9 heteroatoms. The van der Waals surface area contributed by atoms with E-state index in [9.17, 15) is 9.59 Å². The van der Waals surface area contributed by atoms with Gasteiger partial charge in [-0.2, -0.15) is 4.98 Å². The van der Waals surface area contributed by atoms with Gasteiger partial charge in [-0.3, -0.25) is 14.3 Å².